The van der Waals surface area contributed by atoms with Crippen molar-refractivity contribution in [1.29, 1.82) is 0 Å². The summed E-state index contributed by atoms with van der Waals surface area (Å²) in [5.74, 6) is 0.141. The van der Waals surface area contributed by atoms with Gasteiger partial charge in [-0.1, -0.05) is 44.9 Å². The first-order valence-electron chi connectivity index (χ1n) is 11.6. The molecule has 1 unspecified atom stereocenters. The van der Waals surface area contributed by atoms with E-state index in [0.29, 0.717) is 34.8 Å². The second-order valence-electron chi connectivity index (χ2n) is 8.47. The predicted molar refractivity (Wildman–Crippen MR) is 145 cm³/mol. The molecule has 0 spiro atoms. The Morgan fingerprint density at radius 3 is 2.11 bits per heavy atom. The van der Waals surface area contributed by atoms with Gasteiger partial charge in [-0.25, -0.2) is 13.8 Å². The lowest BCUT2D eigenvalue weighted by Crippen LogP contribution is -2.39. The second kappa shape index (κ2) is 15.8. The Hall–Kier alpha value is -3.20. The van der Waals surface area contributed by atoms with E-state index in [9.17, 15) is 22.0 Å². The maximum atomic E-state index is 13.2. The van der Waals surface area contributed by atoms with E-state index in [0.717, 1.165) is 12.3 Å². The highest BCUT2D eigenvalue weighted by molar-refractivity contribution is 5.55. The van der Waals surface area contributed by atoms with Crippen LogP contribution in [0, 0.1) is 5.92 Å². The summed E-state index contributed by atoms with van der Waals surface area (Å²) >= 11 is 0. The van der Waals surface area contributed by atoms with E-state index >= 15 is 0 Å². The fourth-order valence-corrected chi connectivity index (χ4v) is 2.94. The minimum atomic E-state index is -4.63. The van der Waals surface area contributed by atoms with Gasteiger partial charge in [-0.15, -0.1) is 6.58 Å². The molecular formula is C28H39F5N4. The number of allylic oxidation sites excluding steroid dienone is 7. The van der Waals surface area contributed by atoms with Gasteiger partial charge in [0.1, 0.15) is 5.70 Å². The third-order valence-corrected chi connectivity index (χ3v) is 5.30. The van der Waals surface area contributed by atoms with E-state index in [1.165, 1.54) is 32.1 Å². The molecule has 0 saturated heterocycles. The maximum absolute atomic E-state index is 13.2. The largest absolute Gasteiger partial charge is 0.433 e. The lowest BCUT2D eigenvalue weighted by molar-refractivity contribution is -0.0924. The highest BCUT2D eigenvalue weighted by Gasteiger charge is 2.33. The van der Waals surface area contributed by atoms with E-state index in [4.69, 9.17) is 0 Å². The van der Waals surface area contributed by atoms with Crippen molar-refractivity contribution in [1.82, 2.24) is 15.3 Å². The number of nitrogens with zero attached hydrogens (tertiary/aromatic N) is 3. The summed E-state index contributed by atoms with van der Waals surface area (Å²) in [6, 6.07) is 0. The molecule has 0 aromatic carbocycles. The van der Waals surface area contributed by atoms with E-state index < -0.39 is 18.3 Å². The smallest absolute Gasteiger partial charge is 0.356 e. The first kappa shape index (κ1) is 33.8. The molecule has 0 bridgehead atoms. The second-order valence-corrected chi connectivity index (χ2v) is 8.47. The van der Waals surface area contributed by atoms with Gasteiger partial charge < -0.3 is 10.3 Å². The quantitative estimate of drug-likeness (QED) is 0.0779. The van der Waals surface area contributed by atoms with Crippen LogP contribution in [0.5, 0.6) is 0 Å². The normalized spacial score (nSPS) is 14.8. The third kappa shape index (κ3) is 11.6. The topological polar surface area (TPSA) is 30.9 Å². The zero-order chi connectivity index (χ0) is 28.9. The van der Waals surface area contributed by atoms with Crippen molar-refractivity contribution in [3.05, 3.63) is 96.2 Å². The SMILES string of the molecule is C=CC(C)CN(C(=C)C(=C)C(=C)NC(/C=C\C(=C/C)C(F)F)=C(/C)C/C=C(\N=C/C)C(F)(F)F)N(C)C. The Bertz CT molecular complexity index is 979. The fraction of sp³-hybridized carbons (Fsp3) is 0.393. The van der Waals surface area contributed by atoms with Gasteiger partial charge in [0, 0.05) is 49.4 Å². The summed E-state index contributed by atoms with van der Waals surface area (Å²) in [5.41, 5.74) is 0.745. The molecule has 0 rings (SSSR count). The zero-order valence-corrected chi connectivity index (χ0v) is 22.6. The molecule has 0 heterocycles. The number of halogens is 5. The molecule has 0 aromatic heterocycles. The van der Waals surface area contributed by atoms with Crippen LogP contribution in [0.25, 0.3) is 0 Å². The Morgan fingerprint density at radius 1 is 1.08 bits per heavy atom. The molecule has 4 nitrogen and oxygen atoms in total. The first-order valence-corrected chi connectivity index (χ1v) is 11.6. The molecule has 9 heteroatoms. The maximum Gasteiger partial charge on any atom is 0.433 e. The Kier molecular flexibility index (Phi) is 14.4. The van der Waals surface area contributed by atoms with Crippen molar-refractivity contribution in [2.24, 2.45) is 10.9 Å². The molecule has 37 heavy (non-hydrogen) atoms. The van der Waals surface area contributed by atoms with Crippen molar-refractivity contribution in [2.45, 2.75) is 46.7 Å². The average molecular weight is 527 g/mol. The highest BCUT2D eigenvalue weighted by atomic mass is 19.4. The van der Waals surface area contributed by atoms with E-state index in [2.05, 4.69) is 36.6 Å². The lowest BCUT2D eigenvalue weighted by atomic mass is 10.1. The number of hydrogen-bond donors (Lipinski definition) is 1. The van der Waals surface area contributed by atoms with Crippen molar-refractivity contribution >= 4 is 6.21 Å². The van der Waals surface area contributed by atoms with Crippen LogP contribution in [0.2, 0.25) is 0 Å². The van der Waals surface area contributed by atoms with Crippen LogP contribution in [0.15, 0.2) is 101 Å². The molecule has 0 aliphatic carbocycles. The average Bonchev–Trinajstić information content (AvgIpc) is 2.81. The Balaban J connectivity index is 6.26. The van der Waals surface area contributed by atoms with Gasteiger partial charge in [0.2, 0.25) is 0 Å². The Labute approximate surface area is 218 Å². The molecule has 0 aliphatic rings. The van der Waals surface area contributed by atoms with Gasteiger partial charge in [0.05, 0.1) is 5.70 Å². The standard InChI is InChI=1S/C28H39F5N4/c1-11-19(4)18-37(36(9)10)23(8)21(6)22(7)35-25(16-15-24(12-2)27(29)30)20(5)14-17-26(34-13-3)28(31,32)33/h11-13,15-17,19,27,35H,1,6-8,14,18H2,2-5,9-10H3/b16-15-,24-12+,25-20-,26-17-,34-13-. The predicted octanol–water partition coefficient (Wildman–Crippen LogP) is 7.73. The van der Waals surface area contributed by atoms with E-state index in [1.807, 2.05) is 37.1 Å². The summed E-state index contributed by atoms with van der Waals surface area (Å²) < 4.78 is 66.2. The van der Waals surface area contributed by atoms with Gasteiger partial charge >= 0.3 is 6.18 Å². The monoisotopic (exact) mass is 526 g/mol. The van der Waals surface area contributed by atoms with Crippen LogP contribution in [0.4, 0.5) is 22.0 Å². The molecule has 1 N–H and O–H groups in total. The van der Waals surface area contributed by atoms with Gasteiger partial charge in [0.15, 0.2) is 0 Å². The number of hydrazine groups is 1. The van der Waals surface area contributed by atoms with Gasteiger partial charge in [-0.3, -0.25) is 4.99 Å². The van der Waals surface area contributed by atoms with Gasteiger partial charge in [-0.2, -0.15) is 13.2 Å². The molecule has 0 aromatic rings. The van der Waals surface area contributed by atoms with Crippen molar-refractivity contribution in [3.63, 3.8) is 0 Å². The molecule has 1 atom stereocenters. The zero-order valence-electron chi connectivity index (χ0n) is 22.6. The highest BCUT2D eigenvalue weighted by Crippen LogP contribution is 2.28. The summed E-state index contributed by atoms with van der Waals surface area (Å²) in [6.07, 6.45) is 0.173. The molecule has 0 amide bonds. The van der Waals surface area contributed by atoms with Crippen LogP contribution in [-0.4, -0.2) is 49.5 Å². The number of rotatable bonds is 15. The van der Waals surface area contributed by atoms with Crippen LogP contribution in [0.3, 0.4) is 0 Å². The van der Waals surface area contributed by atoms with Crippen LogP contribution in [0.1, 0.15) is 34.1 Å². The molecular weight excluding hydrogens is 487 g/mol. The van der Waals surface area contributed by atoms with Gasteiger partial charge in [-0.05, 0) is 50.8 Å². The molecule has 206 valence electrons. The van der Waals surface area contributed by atoms with Gasteiger partial charge in [0.25, 0.3) is 6.43 Å². The lowest BCUT2D eigenvalue weighted by Gasteiger charge is -2.35. The molecule has 0 aliphatic heterocycles. The van der Waals surface area contributed by atoms with Crippen molar-refractivity contribution in [3.8, 4) is 0 Å². The molecule has 0 fully saturated rings. The summed E-state index contributed by atoms with van der Waals surface area (Å²) in [6.45, 7) is 23.0. The first-order chi connectivity index (χ1) is 17.1. The number of hydrogen-bond acceptors (Lipinski definition) is 4. The minimum Gasteiger partial charge on any atom is -0.356 e. The van der Waals surface area contributed by atoms with E-state index in [1.54, 1.807) is 6.92 Å². The van der Waals surface area contributed by atoms with Crippen LogP contribution >= 0.6 is 0 Å². The minimum absolute atomic E-state index is 0.139. The van der Waals surface area contributed by atoms with Crippen molar-refractivity contribution in [2.75, 3.05) is 20.6 Å². The summed E-state index contributed by atoms with van der Waals surface area (Å²) in [4.78, 5) is 3.40. The Morgan fingerprint density at radius 2 is 1.68 bits per heavy atom. The summed E-state index contributed by atoms with van der Waals surface area (Å²) in [7, 11) is 3.68. The number of alkyl halides is 5. The molecule has 0 saturated carbocycles. The van der Waals surface area contributed by atoms with Crippen molar-refractivity contribution < 1.29 is 22.0 Å². The molecule has 0 radical (unpaired) electrons. The van der Waals surface area contributed by atoms with Crippen LogP contribution < -0.4 is 5.32 Å². The van der Waals surface area contributed by atoms with Crippen LogP contribution in [-0.2, 0) is 0 Å². The summed E-state index contributed by atoms with van der Waals surface area (Å²) in [5, 5.41) is 6.74. The van der Waals surface area contributed by atoms with E-state index in [-0.39, 0.29) is 17.9 Å². The number of aliphatic imine (C=N–C) groups is 1. The fourth-order valence-electron chi connectivity index (χ4n) is 2.94. The number of nitrogens with one attached hydrogen (secondary N) is 1. The third-order valence-electron chi connectivity index (χ3n) is 5.30.